The van der Waals surface area contributed by atoms with Gasteiger partial charge in [-0.05, 0) is 19.4 Å². The molecule has 1 aliphatic heterocycles. The van der Waals surface area contributed by atoms with Gasteiger partial charge in [-0.15, -0.1) is 0 Å². The summed E-state index contributed by atoms with van der Waals surface area (Å²) in [5, 5.41) is 8.04. The summed E-state index contributed by atoms with van der Waals surface area (Å²) in [6, 6.07) is 7.93. The third kappa shape index (κ3) is 2.70. The lowest BCUT2D eigenvalue weighted by molar-refractivity contribution is 0.0783. The van der Waals surface area contributed by atoms with Crippen LogP contribution >= 0.6 is 0 Å². The van der Waals surface area contributed by atoms with E-state index in [0.717, 1.165) is 28.8 Å². The van der Waals surface area contributed by atoms with Crippen molar-refractivity contribution in [2.24, 2.45) is 0 Å². The summed E-state index contributed by atoms with van der Waals surface area (Å²) in [7, 11) is 1.67. The van der Waals surface area contributed by atoms with Crippen LogP contribution < -0.4 is 0 Å². The number of ether oxygens (including phenoxy) is 1. The average molecular weight is 339 g/mol. The number of carbonyl (C=O) groups is 1. The molecule has 4 rings (SSSR count). The van der Waals surface area contributed by atoms with Crippen molar-refractivity contribution in [1.29, 1.82) is 0 Å². The summed E-state index contributed by atoms with van der Waals surface area (Å²) in [4.78, 5) is 19.2. The van der Waals surface area contributed by atoms with Crippen LogP contribution in [0.1, 0.15) is 34.5 Å². The summed E-state index contributed by atoms with van der Waals surface area (Å²) < 4.78 is 7.44. The first-order valence-electron chi connectivity index (χ1n) is 8.43. The van der Waals surface area contributed by atoms with Crippen LogP contribution in [0.5, 0.6) is 0 Å². The van der Waals surface area contributed by atoms with E-state index in [2.05, 4.69) is 19.7 Å². The molecule has 1 unspecified atom stereocenters. The van der Waals surface area contributed by atoms with E-state index >= 15 is 0 Å². The maximum Gasteiger partial charge on any atom is 0.275 e. The second-order valence-corrected chi connectivity index (χ2v) is 6.43. The molecule has 7 heteroatoms. The first kappa shape index (κ1) is 15.8. The number of nitrogens with one attached hydrogen (secondary N) is 1. The molecule has 1 atom stereocenters. The molecule has 1 saturated heterocycles. The number of methoxy groups -OCH3 is 1. The quantitative estimate of drug-likeness (QED) is 0.791. The number of nitrogens with zero attached hydrogens (tertiary/aromatic N) is 4. The van der Waals surface area contributed by atoms with E-state index in [1.165, 1.54) is 0 Å². The number of fused-ring (bicyclic) bond motifs is 1. The fourth-order valence-electron chi connectivity index (χ4n) is 3.64. The number of H-pyrrole nitrogens is 1. The molecule has 0 spiro atoms. The number of aryl methyl sites for hydroxylation is 1. The van der Waals surface area contributed by atoms with Crippen LogP contribution in [0.3, 0.4) is 0 Å². The molecule has 1 aliphatic rings. The SMILES string of the molecule is COCc1ncc(C)n1C1CCN(C(=O)c2n[nH]c3ccccc23)C1. The Kier molecular flexibility index (Phi) is 4.01. The van der Waals surface area contributed by atoms with E-state index in [4.69, 9.17) is 4.74 Å². The van der Waals surface area contributed by atoms with Gasteiger partial charge in [-0.25, -0.2) is 4.98 Å². The number of imidazole rings is 1. The van der Waals surface area contributed by atoms with Gasteiger partial charge in [0.05, 0.1) is 11.6 Å². The second-order valence-electron chi connectivity index (χ2n) is 6.43. The van der Waals surface area contributed by atoms with E-state index in [0.29, 0.717) is 25.4 Å². The number of hydrogen-bond acceptors (Lipinski definition) is 4. The van der Waals surface area contributed by atoms with Crippen LogP contribution in [0.25, 0.3) is 10.9 Å². The monoisotopic (exact) mass is 339 g/mol. The standard InChI is InChI=1S/C18H21N5O2/c1-12-9-19-16(11-25-2)23(12)13-7-8-22(10-13)18(24)17-14-5-3-4-6-15(14)20-21-17/h3-6,9,13H,7-8,10-11H2,1-2H3,(H,20,21). The molecule has 2 aromatic heterocycles. The van der Waals surface area contributed by atoms with Gasteiger partial charge in [0.2, 0.25) is 0 Å². The van der Waals surface area contributed by atoms with Crippen LogP contribution in [-0.4, -0.2) is 50.8 Å². The molecular formula is C18H21N5O2. The van der Waals surface area contributed by atoms with Crippen molar-refractivity contribution < 1.29 is 9.53 Å². The molecule has 3 aromatic rings. The van der Waals surface area contributed by atoms with Crippen molar-refractivity contribution in [1.82, 2.24) is 24.6 Å². The number of aromatic amines is 1. The first-order valence-corrected chi connectivity index (χ1v) is 8.43. The van der Waals surface area contributed by atoms with Gasteiger partial charge in [-0.2, -0.15) is 5.10 Å². The zero-order valence-electron chi connectivity index (χ0n) is 14.4. The highest BCUT2D eigenvalue weighted by molar-refractivity contribution is 6.04. The lowest BCUT2D eigenvalue weighted by atomic mass is 10.2. The number of likely N-dealkylation sites (tertiary alicyclic amines) is 1. The number of benzene rings is 1. The Bertz CT molecular complexity index is 913. The van der Waals surface area contributed by atoms with E-state index in [1.54, 1.807) is 7.11 Å². The van der Waals surface area contributed by atoms with Crippen LogP contribution in [0.4, 0.5) is 0 Å². The molecular weight excluding hydrogens is 318 g/mol. The number of rotatable bonds is 4. The fourth-order valence-corrected chi connectivity index (χ4v) is 3.64. The summed E-state index contributed by atoms with van der Waals surface area (Å²) in [5.41, 5.74) is 2.47. The van der Waals surface area contributed by atoms with E-state index < -0.39 is 0 Å². The topological polar surface area (TPSA) is 76.0 Å². The summed E-state index contributed by atoms with van der Waals surface area (Å²) in [5.74, 6) is 0.885. The Balaban J connectivity index is 1.56. The Morgan fingerprint density at radius 3 is 3.08 bits per heavy atom. The molecule has 3 heterocycles. The average Bonchev–Trinajstić information content (AvgIpc) is 3.33. The molecule has 1 amide bonds. The number of amides is 1. The molecule has 1 N–H and O–H groups in total. The van der Waals surface area contributed by atoms with Crippen LogP contribution in [-0.2, 0) is 11.3 Å². The van der Waals surface area contributed by atoms with Crippen LogP contribution in [0.15, 0.2) is 30.5 Å². The zero-order chi connectivity index (χ0) is 17.4. The number of carbonyl (C=O) groups excluding carboxylic acids is 1. The molecule has 7 nitrogen and oxygen atoms in total. The molecule has 1 aromatic carbocycles. The highest BCUT2D eigenvalue weighted by Crippen LogP contribution is 2.27. The minimum absolute atomic E-state index is 0.0222. The predicted octanol–water partition coefficient (Wildman–Crippen LogP) is 2.30. The smallest absolute Gasteiger partial charge is 0.275 e. The van der Waals surface area contributed by atoms with Crippen molar-refractivity contribution in [3.63, 3.8) is 0 Å². The van der Waals surface area contributed by atoms with Gasteiger partial charge in [0.25, 0.3) is 5.91 Å². The molecule has 0 bridgehead atoms. The lowest BCUT2D eigenvalue weighted by Gasteiger charge is -2.19. The number of hydrogen-bond donors (Lipinski definition) is 1. The molecule has 1 fully saturated rings. The molecule has 25 heavy (non-hydrogen) atoms. The van der Waals surface area contributed by atoms with Crippen molar-refractivity contribution in [2.75, 3.05) is 20.2 Å². The Hall–Kier alpha value is -2.67. The zero-order valence-corrected chi connectivity index (χ0v) is 14.4. The van der Waals surface area contributed by atoms with Gasteiger partial charge >= 0.3 is 0 Å². The highest BCUT2D eigenvalue weighted by Gasteiger charge is 2.31. The number of aromatic nitrogens is 4. The number of para-hydroxylation sites is 1. The summed E-state index contributed by atoms with van der Waals surface area (Å²) >= 11 is 0. The maximum atomic E-state index is 12.9. The summed E-state index contributed by atoms with van der Waals surface area (Å²) in [6.07, 6.45) is 2.77. The first-order chi connectivity index (χ1) is 12.2. The minimum atomic E-state index is -0.0222. The lowest BCUT2D eigenvalue weighted by Crippen LogP contribution is -2.30. The minimum Gasteiger partial charge on any atom is -0.377 e. The second kappa shape index (κ2) is 6.33. The maximum absolute atomic E-state index is 12.9. The third-order valence-corrected chi connectivity index (χ3v) is 4.82. The van der Waals surface area contributed by atoms with Gasteiger partial charge < -0.3 is 14.2 Å². The van der Waals surface area contributed by atoms with E-state index in [1.807, 2.05) is 42.3 Å². The summed E-state index contributed by atoms with van der Waals surface area (Å²) in [6.45, 7) is 3.89. The van der Waals surface area contributed by atoms with Gasteiger partial charge in [0.15, 0.2) is 5.69 Å². The molecule has 0 radical (unpaired) electrons. The predicted molar refractivity (Wildman–Crippen MR) is 93.3 cm³/mol. The van der Waals surface area contributed by atoms with Crippen molar-refractivity contribution >= 4 is 16.8 Å². The van der Waals surface area contributed by atoms with Crippen molar-refractivity contribution in [3.05, 3.63) is 47.7 Å². The van der Waals surface area contributed by atoms with E-state index in [9.17, 15) is 4.79 Å². The molecule has 130 valence electrons. The highest BCUT2D eigenvalue weighted by atomic mass is 16.5. The van der Waals surface area contributed by atoms with Crippen LogP contribution in [0.2, 0.25) is 0 Å². The van der Waals surface area contributed by atoms with Gasteiger partial charge in [-0.1, -0.05) is 18.2 Å². The molecule has 0 aliphatic carbocycles. The Morgan fingerprint density at radius 2 is 2.24 bits per heavy atom. The Morgan fingerprint density at radius 1 is 1.40 bits per heavy atom. The molecule has 0 saturated carbocycles. The van der Waals surface area contributed by atoms with Crippen LogP contribution in [0, 0.1) is 6.92 Å². The van der Waals surface area contributed by atoms with E-state index in [-0.39, 0.29) is 11.9 Å². The van der Waals surface area contributed by atoms with Gasteiger partial charge in [0.1, 0.15) is 12.4 Å². The normalized spacial score (nSPS) is 17.5. The van der Waals surface area contributed by atoms with Gasteiger partial charge in [-0.3, -0.25) is 9.89 Å². The fraction of sp³-hybridized carbons (Fsp3) is 0.389. The van der Waals surface area contributed by atoms with Crippen molar-refractivity contribution in [3.8, 4) is 0 Å². The third-order valence-electron chi connectivity index (χ3n) is 4.82. The van der Waals surface area contributed by atoms with Gasteiger partial charge in [0, 0.05) is 37.5 Å². The Labute approximate surface area is 145 Å². The van der Waals surface area contributed by atoms with Crippen molar-refractivity contribution in [2.45, 2.75) is 26.0 Å². The largest absolute Gasteiger partial charge is 0.377 e.